The monoisotopic (exact) mass is 179 g/mol. The maximum absolute atomic E-state index is 11.3. The summed E-state index contributed by atoms with van der Waals surface area (Å²) in [5.74, 6) is -0.406. The van der Waals surface area contributed by atoms with Gasteiger partial charge in [-0.25, -0.2) is 14.8 Å². The van der Waals surface area contributed by atoms with Crippen LogP contribution in [0.1, 0.15) is 19.9 Å². The summed E-state index contributed by atoms with van der Waals surface area (Å²) in [4.78, 5) is 19.2. The van der Waals surface area contributed by atoms with E-state index in [0.717, 1.165) is 0 Å². The van der Waals surface area contributed by atoms with E-state index in [1.54, 1.807) is 0 Å². The first-order valence-corrected chi connectivity index (χ1v) is 4.02. The normalized spacial score (nSPS) is 11.3. The summed E-state index contributed by atoms with van der Waals surface area (Å²) in [6, 6.07) is 0.0328. The lowest BCUT2D eigenvalue weighted by Gasteiger charge is -2.02. The van der Waals surface area contributed by atoms with E-state index in [2.05, 4.69) is 9.97 Å². The second-order valence-corrected chi connectivity index (χ2v) is 3.02. The number of hydrogen-bond donors (Lipinski definition) is 0. The molecule has 0 unspecified atom stereocenters. The van der Waals surface area contributed by atoms with Crippen molar-refractivity contribution in [2.24, 2.45) is 0 Å². The van der Waals surface area contributed by atoms with Crippen LogP contribution < -0.4 is 5.76 Å². The summed E-state index contributed by atoms with van der Waals surface area (Å²) in [6.45, 7) is 3.79. The molecule has 5 heteroatoms. The van der Waals surface area contributed by atoms with Crippen molar-refractivity contribution in [1.29, 1.82) is 0 Å². The Kier molecular flexibility index (Phi) is 1.65. The Bertz CT molecular complexity index is 483. The minimum atomic E-state index is -0.406. The summed E-state index contributed by atoms with van der Waals surface area (Å²) < 4.78 is 6.37. The summed E-state index contributed by atoms with van der Waals surface area (Å²) in [5.41, 5.74) is 0.795. The van der Waals surface area contributed by atoms with Crippen LogP contribution in [0.25, 0.3) is 11.4 Å². The van der Waals surface area contributed by atoms with Crippen LogP contribution in [-0.4, -0.2) is 14.5 Å². The van der Waals surface area contributed by atoms with E-state index in [9.17, 15) is 4.79 Å². The van der Waals surface area contributed by atoms with Gasteiger partial charge < -0.3 is 4.42 Å². The van der Waals surface area contributed by atoms with Crippen LogP contribution in [0.5, 0.6) is 0 Å². The van der Waals surface area contributed by atoms with Crippen molar-refractivity contribution in [1.82, 2.24) is 14.5 Å². The number of fused-ring (bicyclic) bond motifs is 1. The van der Waals surface area contributed by atoms with Crippen molar-refractivity contribution in [2.75, 3.05) is 0 Å². The first-order chi connectivity index (χ1) is 6.20. The molecule has 0 bridgehead atoms. The Morgan fingerprint density at radius 3 is 2.77 bits per heavy atom. The summed E-state index contributed by atoms with van der Waals surface area (Å²) >= 11 is 0. The molecule has 0 saturated heterocycles. The third-order valence-corrected chi connectivity index (χ3v) is 1.77. The van der Waals surface area contributed by atoms with Crippen LogP contribution >= 0.6 is 0 Å². The lowest BCUT2D eigenvalue weighted by molar-refractivity contribution is 0.473. The molecule has 0 aliphatic rings. The Labute approximate surface area is 74.0 Å². The van der Waals surface area contributed by atoms with Crippen LogP contribution in [0.15, 0.2) is 21.6 Å². The molecule has 68 valence electrons. The van der Waals surface area contributed by atoms with Crippen molar-refractivity contribution >= 4 is 11.4 Å². The third kappa shape index (κ3) is 1.12. The fourth-order valence-electron chi connectivity index (χ4n) is 1.23. The molecule has 13 heavy (non-hydrogen) atoms. The van der Waals surface area contributed by atoms with Gasteiger partial charge in [0.05, 0.1) is 0 Å². The van der Waals surface area contributed by atoms with Gasteiger partial charge in [0.2, 0.25) is 5.65 Å². The number of rotatable bonds is 1. The fraction of sp³-hybridized carbons (Fsp3) is 0.375. The Morgan fingerprint density at radius 2 is 2.08 bits per heavy atom. The van der Waals surface area contributed by atoms with E-state index in [0.29, 0.717) is 11.4 Å². The highest BCUT2D eigenvalue weighted by atomic mass is 16.4. The summed E-state index contributed by atoms with van der Waals surface area (Å²) in [6.07, 6.45) is 3.03. The van der Waals surface area contributed by atoms with Crippen molar-refractivity contribution in [3.63, 3.8) is 0 Å². The molecule has 0 fully saturated rings. The van der Waals surface area contributed by atoms with E-state index in [1.165, 1.54) is 17.0 Å². The van der Waals surface area contributed by atoms with Crippen molar-refractivity contribution < 1.29 is 4.42 Å². The lowest BCUT2D eigenvalue weighted by Crippen LogP contribution is -2.16. The number of nitrogens with zero attached hydrogens (tertiary/aromatic N) is 3. The molecule has 0 atom stereocenters. The second-order valence-electron chi connectivity index (χ2n) is 3.02. The molecule has 0 amide bonds. The minimum absolute atomic E-state index is 0.0328. The van der Waals surface area contributed by atoms with E-state index in [-0.39, 0.29) is 6.04 Å². The second kappa shape index (κ2) is 2.69. The van der Waals surface area contributed by atoms with Gasteiger partial charge in [0.1, 0.15) is 0 Å². The molecule has 5 nitrogen and oxygen atoms in total. The lowest BCUT2D eigenvalue weighted by atomic mass is 10.4. The summed E-state index contributed by atoms with van der Waals surface area (Å²) in [7, 11) is 0. The molecule has 0 spiro atoms. The average Bonchev–Trinajstić information content (AvgIpc) is 2.39. The van der Waals surface area contributed by atoms with Crippen LogP contribution in [-0.2, 0) is 0 Å². The predicted molar refractivity (Wildman–Crippen MR) is 46.4 cm³/mol. The third-order valence-electron chi connectivity index (χ3n) is 1.77. The van der Waals surface area contributed by atoms with Crippen LogP contribution in [0.2, 0.25) is 0 Å². The zero-order valence-corrected chi connectivity index (χ0v) is 7.39. The number of oxazole rings is 1. The average molecular weight is 179 g/mol. The molecule has 0 radical (unpaired) electrons. The molecule has 0 aromatic carbocycles. The van der Waals surface area contributed by atoms with Gasteiger partial charge in [0.15, 0.2) is 0 Å². The number of hydrogen-bond acceptors (Lipinski definition) is 4. The molecule has 0 saturated carbocycles. The van der Waals surface area contributed by atoms with Crippen LogP contribution in [0.4, 0.5) is 0 Å². The van der Waals surface area contributed by atoms with E-state index >= 15 is 0 Å². The highest BCUT2D eigenvalue weighted by molar-refractivity contribution is 5.61. The zero-order chi connectivity index (χ0) is 9.42. The smallest absolute Gasteiger partial charge is 0.387 e. The fourth-order valence-corrected chi connectivity index (χ4v) is 1.23. The van der Waals surface area contributed by atoms with Gasteiger partial charge in [0, 0.05) is 18.4 Å². The van der Waals surface area contributed by atoms with Gasteiger partial charge in [0.25, 0.3) is 5.71 Å². The highest BCUT2D eigenvalue weighted by Crippen LogP contribution is 2.10. The van der Waals surface area contributed by atoms with E-state index in [4.69, 9.17) is 4.42 Å². The van der Waals surface area contributed by atoms with Gasteiger partial charge in [-0.05, 0) is 13.8 Å². The van der Waals surface area contributed by atoms with Crippen molar-refractivity contribution in [2.45, 2.75) is 19.9 Å². The van der Waals surface area contributed by atoms with E-state index in [1.807, 2.05) is 13.8 Å². The zero-order valence-electron chi connectivity index (χ0n) is 7.39. The Hall–Kier alpha value is -1.65. The van der Waals surface area contributed by atoms with Gasteiger partial charge in [-0.15, -0.1) is 0 Å². The number of aromatic nitrogens is 3. The molecular formula is C8H9N3O2. The molecule has 2 aromatic rings. The molecule has 0 aliphatic carbocycles. The molecule has 0 aliphatic heterocycles. The minimum Gasteiger partial charge on any atom is -0.387 e. The van der Waals surface area contributed by atoms with Crippen molar-refractivity contribution in [3.05, 3.63) is 22.9 Å². The molecule has 2 heterocycles. The Balaban J connectivity index is 2.87. The maximum atomic E-state index is 11.3. The standard InChI is InChI=1S/C8H9N3O2/c1-5(2)11-6-7(13-8(11)12)10-4-3-9-6/h3-5H,1-2H3. The Morgan fingerprint density at radius 1 is 1.38 bits per heavy atom. The first-order valence-electron chi connectivity index (χ1n) is 4.02. The first kappa shape index (κ1) is 7.97. The SMILES string of the molecule is CC(C)n1c(=O)oc2nccnc21. The van der Waals surface area contributed by atoms with Crippen molar-refractivity contribution in [3.8, 4) is 0 Å². The van der Waals surface area contributed by atoms with Crippen LogP contribution in [0.3, 0.4) is 0 Å². The van der Waals surface area contributed by atoms with E-state index < -0.39 is 5.76 Å². The highest BCUT2D eigenvalue weighted by Gasteiger charge is 2.12. The molecule has 2 aromatic heterocycles. The van der Waals surface area contributed by atoms with Crippen LogP contribution in [0, 0.1) is 0 Å². The molecular weight excluding hydrogens is 170 g/mol. The van der Waals surface area contributed by atoms with Gasteiger partial charge in [-0.1, -0.05) is 0 Å². The largest absolute Gasteiger partial charge is 0.422 e. The predicted octanol–water partition coefficient (Wildman–Crippen LogP) is 0.965. The molecule has 2 rings (SSSR count). The van der Waals surface area contributed by atoms with Gasteiger partial charge in [-0.2, -0.15) is 0 Å². The topological polar surface area (TPSA) is 60.9 Å². The molecule has 0 N–H and O–H groups in total. The maximum Gasteiger partial charge on any atom is 0.422 e. The van der Waals surface area contributed by atoms with Gasteiger partial charge >= 0.3 is 5.76 Å². The van der Waals surface area contributed by atoms with Gasteiger partial charge in [-0.3, -0.25) is 4.57 Å². The quantitative estimate of drug-likeness (QED) is 0.654. The summed E-state index contributed by atoms with van der Waals surface area (Å²) in [5, 5.41) is 0.